The van der Waals surface area contributed by atoms with Crippen molar-refractivity contribution in [3.05, 3.63) is 89.5 Å². The molecule has 1 N–H and O–H groups in total. The maximum atomic E-state index is 13.4. The number of carbonyl (C=O) groups excluding carboxylic acids is 1. The minimum atomic E-state index is -1.06. The van der Waals surface area contributed by atoms with Gasteiger partial charge in [-0.15, -0.1) is 0 Å². The lowest BCUT2D eigenvalue weighted by Gasteiger charge is -2.19. The summed E-state index contributed by atoms with van der Waals surface area (Å²) in [5.74, 6) is -1.92. The van der Waals surface area contributed by atoms with Crippen molar-refractivity contribution in [3.8, 4) is 0 Å². The maximum Gasteiger partial charge on any atom is 0.252 e. The fourth-order valence-corrected chi connectivity index (χ4v) is 2.45. The van der Waals surface area contributed by atoms with Crippen molar-refractivity contribution in [1.29, 1.82) is 0 Å². The van der Waals surface area contributed by atoms with E-state index in [1.807, 2.05) is 37.4 Å². The predicted octanol–water partition coefficient (Wildman–Crippen LogP) is 3.22. The van der Waals surface area contributed by atoms with Gasteiger partial charge < -0.3 is 9.88 Å². The van der Waals surface area contributed by atoms with Gasteiger partial charge in [0, 0.05) is 25.0 Å². The molecule has 1 unspecified atom stereocenters. The Morgan fingerprint density at radius 2 is 1.88 bits per heavy atom. The van der Waals surface area contributed by atoms with Gasteiger partial charge in [-0.25, -0.2) is 13.8 Å². The third-order valence-electron chi connectivity index (χ3n) is 3.71. The lowest BCUT2D eigenvalue weighted by molar-refractivity contribution is 0.0940. The molecule has 0 spiro atoms. The number of nitrogens with one attached hydrogen (secondary N) is 1. The Morgan fingerprint density at radius 1 is 1.12 bits per heavy atom. The lowest BCUT2D eigenvalue weighted by Crippen LogP contribution is -2.31. The molecule has 4 nitrogen and oxygen atoms in total. The van der Waals surface area contributed by atoms with Crippen LogP contribution in [0.5, 0.6) is 0 Å². The Morgan fingerprint density at radius 3 is 2.50 bits per heavy atom. The molecule has 1 amide bonds. The molecule has 1 aromatic heterocycles. The summed E-state index contributed by atoms with van der Waals surface area (Å²) in [4.78, 5) is 16.7. The summed E-state index contributed by atoms with van der Waals surface area (Å²) in [7, 11) is 1.82. The highest BCUT2D eigenvalue weighted by atomic mass is 19.2. The fourth-order valence-electron chi connectivity index (χ4n) is 2.45. The topological polar surface area (TPSA) is 46.9 Å². The first-order valence-corrected chi connectivity index (χ1v) is 7.34. The van der Waals surface area contributed by atoms with Crippen molar-refractivity contribution in [3.63, 3.8) is 0 Å². The normalized spacial score (nSPS) is 12.0. The number of aryl methyl sites for hydroxylation is 1. The van der Waals surface area contributed by atoms with E-state index in [-0.39, 0.29) is 5.56 Å². The van der Waals surface area contributed by atoms with Crippen LogP contribution in [0.2, 0.25) is 0 Å². The first-order valence-electron chi connectivity index (χ1n) is 7.34. The number of hydrogen-bond acceptors (Lipinski definition) is 2. The molecule has 3 aromatic rings. The summed E-state index contributed by atoms with van der Waals surface area (Å²) in [5, 5.41) is 2.83. The highest BCUT2D eigenvalue weighted by molar-refractivity contribution is 5.94. The van der Waals surface area contributed by atoms with Crippen LogP contribution in [0.25, 0.3) is 0 Å². The highest BCUT2D eigenvalue weighted by Crippen LogP contribution is 2.21. The van der Waals surface area contributed by atoms with E-state index in [9.17, 15) is 13.6 Å². The quantitative estimate of drug-likeness (QED) is 0.800. The molecule has 0 aliphatic rings. The van der Waals surface area contributed by atoms with Crippen molar-refractivity contribution < 1.29 is 13.6 Å². The number of amides is 1. The summed E-state index contributed by atoms with van der Waals surface area (Å²) in [6, 6.07) is 11.9. The van der Waals surface area contributed by atoms with Gasteiger partial charge in [-0.1, -0.05) is 30.3 Å². The molecule has 2 aromatic carbocycles. The minimum Gasteiger partial charge on any atom is -0.338 e. The van der Waals surface area contributed by atoms with Gasteiger partial charge in [0.1, 0.15) is 11.9 Å². The van der Waals surface area contributed by atoms with E-state index in [1.54, 1.807) is 17.0 Å². The third-order valence-corrected chi connectivity index (χ3v) is 3.71. The largest absolute Gasteiger partial charge is 0.338 e. The Labute approximate surface area is 137 Å². The number of nitrogens with zero attached hydrogens (tertiary/aromatic N) is 2. The standard InChI is InChI=1S/C18H15F2N3O/c1-23-10-9-21-17(23)16(12-5-3-2-4-6-12)22-18(24)13-7-8-14(19)15(20)11-13/h2-11,16H,1H3,(H,22,24). The number of carbonyl (C=O) groups is 1. The monoisotopic (exact) mass is 327 g/mol. The Kier molecular flexibility index (Phi) is 4.37. The molecule has 122 valence electrons. The smallest absolute Gasteiger partial charge is 0.252 e. The highest BCUT2D eigenvalue weighted by Gasteiger charge is 2.21. The van der Waals surface area contributed by atoms with Gasteiger partial charge in [0.05, 0.1) is 0 Å². The number of hydrogen-bond donors (Lipinski definition) is 1. The summed E-state index contributed by atoms with van der Waals surface area (Å²) in [6.07, 6.45) is 3.41. The number of rotatable bonds is 4. The van der Waals surface area contributed by atoms with Gasteiger partial charge in [0.2, 0.25) is 0 Å². The van der Waals surface area contributed by atoms with E-state index >= 15 is 0 Å². The van der Waals surface area contributed by atoms with Crippen LogP contribution in [0.3, 0.4) is 0 Å². The molecule has 0 bridgehead atoms. The number of benzene rings is 2. The predicted molar refractivity (Wildman–Crippen MR) is 85.3 cm³/mol. The van der Waals surface area contributed by atoms with Crippen LogP contribution < -0.4 is 5.32 Å². The van der Waals surface area contributed by atoms with E-state index in [1.165, 1.54) is 6.07 Å². The van der Waals surface area contributed by atoms with Crippen LogP contribution in [-0.2, 0) is 7.05 Å². The molecular weight excluding hydrogens is 312 g/mol. The van der Waals surface area contributed by atoms with Crippen molar-refractivity contribution >= 4 is 5.91 Å². The van der Waals surface area contributed by atoms with E-state index in [4.69, 9.17) is 0 Å². The molecule has 0 fully saturated rings. The Bertz CT molecular complexity index is 862. The Hall–Kier alpha value is -3.02. The first kappa shape index (κ1) is 15.9. The Balaban J connectivity index is 1.93. The minimum absolute atomic E-state index is 0.0454. The van der Waals surface area contributed by atoms with Crippen LogP contribution >= 0.6 is 0 Å². The third kappa shape index (κ3) is 3.17. The number of halogens is 2. The zero-order valence-electron chi connectivity index (χ0n) is 12.9. The molecule has 1 atom stereocenters. The lowest BCUT2D eigenvalue weighted by atomic mass is 10.1. The van der Waals surface area contributed by atoms with Gasteiger partial charge in [0.25, 0.3) is 5.91 Å². The van der Waals surface area contributed by atoms with Gasteiger partial charge in [-0.05, 0) is 23.8 Å². The average Bonchev–Trinajstić information content (AvgIpc) is 3.01. The maximum absolute atomic E-state index is 13.4. The first-order chi connectivity index (χ1) is 11.6. The summed E-state index contributed by atoms with van der Waals surface area (Å²) in [5.41, 5.74) is 0.881. The molecule has 6 heteroatoms. The zero-order chi connectivity index (χ0) is 17.1. The van der Waals surface area contributed by atoms with Crippen LogP contribution in [0, 0.1) is 11.6 Å². The van der Waals surface area contributed by atoms with Crippen LogP contribution in [0.1, 0.15) is 27.8 Å². The van der Waals surface area contributed by atoms with Crippen molar-refractivity contribution in [2.75, 3.05) is 0 Å². The zero-order valence-corrected chi connectivity index (χ0v) is 12.9. The molecular formula is C18H15F2N3O. The molecule has 24 heavy (non-hydrogen) atoms. The van der Waals surface area contributed by atoms with E-state index in [0.717, 1.165) is 17.7 Å². The van der Waals surface area contributed by atoms with E-state index in [0.29, 0.717) is 5.82 Å². The van der Waals surface area contributed by atoms with Gasteiger partial charge >= 0.3 is 0 Å². The molecule has 0 saturated heterocycles. The molecule has 0 radical (unpaired) electrons. The second-order valence-electron chi connectivity index (χ2n) is 5.34. The SMILES string of the molecule is Cn1ccnc1C(NC(=O)c1ccc(F)c(F)c1)c1ccccc1. The van der Waals surface area contributed by atoms with Crippen LogP contribution in [-0.4, -0.2) is 15.5 Å². The van der Waals surface area contributed by atoms with Gasteiger partial charge in [-0.3, -0.25) is 4.79 Å². The molecule has 0 aliphatic heterocycles. The number of aromatic nitrogens is 2. The van der Waals surface area contributed by atoms with Crippen molar-refractivity contribution in [1.82, 2.24) is 14.9 Å². The second kappa shape index (κ2) is 6.62. The summed E-state index contributed by atoms with van der Waals surface area (Å²) < 4.78 is 28.2. The van der Waals surface area contributed by atoms with E-state index < -0.39 is 23.6 Å². The van der Waals surface area contributed by atoms with Gasteiger partial charge in [-0.2, -0.15) is 0 Å². The summed E-state index contributed by atoms with van der Waals surface area (Å²) in [6.45, 7) is 0. The molecule has 1 heterocycles. The number of imidazole rings is 1. The average molecular weight is 327 g/mol. The fraction of sp³-hybridized carbons (Fsp3) is 0.111. The van der Waals surface area contributed by atoms with Gasteiger partial charge in [0.15, 0.2) is 11.6 Å². The van der Waals surface area contributed by atoms with E-state index in [2.05, 4.69) is 10.3 Å². The molecule has 0 aliphatic carbocycles. The second-order valence-corrected chi connectivity index (χ2v) is 5.34. The van der Waals surface area contributed by atoms with Crippen LogP contribution in [0.15, 0.2) is 60.9 Å². The van der Waals surface area contributed by atoms with Crippen molar-refractivity contribution in [2.24, 2.45) is 7.05 Å². The summed E-state index contributed by atoms with van der Waals surface area (Å²) >= 11 is 0. The molecule has 0 saturated carbocycles. The van der Waals surface area contributed by atoms with Crippen LogP contribution in [0.4, 0.5) is 8.78 Å². The van der Waals surface area contributed by atoms with Crippen molar-refractivity contribution in [2.45, 2.75) is 6.04 Å². The molecule has 3 rings (SSSR count).